The molecular weight excluding hydrogens is 258 g/mol. The fraction of sp³-hybridized carbons (Fsp3) is 0.533. The average molecular weight is 279 g/mol. The molecule has 2 rings (SSSR count). The van der Waals surface area contributed by atoms with Crippen LogP contribution < -0.4 is 5.32 Å². The molecule has 1 aliphatic rings. The summed E-state index contributed by atoms with van der Waals surface area (Å²) in [6.45, 7) is 1.94. The molecule has 19 heavy (non-hydrogen) atoms. The van der Waals surface area contributed by atoms with Crippen LogP contribution in [0.15, 0.2) is 18.2 Å². The minimum atomic E-state index is 0.0421. The third-order valence-electron chi connectivity index (χ3n) is 3.79. The lowest BCUT2D eigenvalue weighted by Crippen LogP contribution is -2.27. The highest BCUT2D eigenvalue weighted by molar-refractivity contribution is 7.99. The molecule has 4 heteroatoms. The molecule has 1 fully saturated rings. The molecule has 0 aliphatic heterocycles. The summed E-state index contributed by atoms with van der Waals surface area (Å²) in [5.74, 6) is 0.264. The van der Waals surface area contributed by atoms with Crippen LogP contribution in [0.25, 0.3) is 0 Å². The summed E-state index contributed by atoms with van der Waals surface area (Å²) < 4.78 is 0. The summed E-state index contributed by atoms with van der Waals surface area (Å²) in [7, 11) is 0. The number of amides is 1. The van der Waals surface area contributed by atoms with Crippen LogP contribution in [0.5, 0.6) is 5.75 Å². The van der Waals surface area contributed by atoms with Gasteiger partial charge in [-0.15, -0.1) is 0 Å². The van der Waals surface area contributed by atoms with Gasteiger partial charge in [0.25, 0.3) is 0 Å². The minimum absolute atomic E-state index is 0.0421. The number of phenolic OH excluding ortho intramolecular Hbond substituents is 1. The zero-order valence-corrected chi connectivity index (χ0v) is 12.3. The van der Waals surface area contributed by atoms with Gasteiger partial charge in [0.15, 0.2) is 0 Å². The fourth-order valence-electron chi connectivity index (χ4n) is 2.55. The van der Waals surface area contributed by atoms with Gasteiger partial charge in [0.2, 0.25) is 5.91 Å². The van der Waals surface area contributed by atoms with Crippen LogP contribution in [-0.2, 0) is 4.79 Å². The predicted molar refractivity (Wildman–Crippen MR) is 80.7 cm³/mol. The van der Waals surface area contributed by atoms with E-state index in [0.717, 1.165) is 31.2 Å². The van der Waals surface area contributed by atoms with Crippen molar-refractivity contribution in [1.29, 1.82) is 0 Å². The van der Waals surface area contributed by atoms with E-state index in [1.807, 2.05) is 24.8 Å². The monoisotopic (exact) mass is 279 g/mol. The van der Waals surface area contributed by atoms with Gasteiger partial charge in [-0.1, -0.05) is 6.07 Å². The molecule has 0 bridgehead atoms. The third-order valence-corrected chi connectivity index (χ3v) is 4.93. The lowest BCUT2D eigenvalue weighted by Gasteiger charge is -2.26. The van der Waals surface area contributed by atoms with Crippen molar-refractivity contribution in [3.63, 3.8) is 0 Å². The fourth-order valence-corrected chi connectivity index (χ4v) is 3.29. The number of hydrogen-bond acceptors (Lipinski definition) is 3. The first-order chi connectivity index (χ1) is 9.10. The van der Waals surface area contributed by atoms with Crippen LogP contribution in [0.2, 0.25) is 0 Å². The van der Waals surface area contributed by atoms with Gasteiger partial charge in [-0.3, -0.25) is 4.79 Å². The second-order valence-electron chi connectivity index (χ2n) is 5.22. The number of carbonyl (C=O) groups excluding carboxylic acids is 1. The van der Waals surface area contributed by atoms with E-state index in [0.29, 0.717) is 10.9 Å². The normalized spacial score (nSPS) is 23.1. The van der Waals surface area contributed by atoms with Crippen molar-refractivity contribution in [3.8, 4) is 5.75 Å². The number of aromatic hydroxyl groups is 1. The Morgan fingerprint density at radius 3 is 2.63 bits per heavy atom. The molecule has 1 saturated carbocycles. The zero-order chi connectivity index (χ0) is 13.8. The van der Waals surface area contributed by atoms with Crippen LogP contribution in [0.1, 0.15) is 31.2 Å². The average Bonchev–Trinajstić information content (AvgIpc) is 2.43. The molecule has 0 atom stereocenters. The maximum Gasteiger partial charge on any atom is 0.227 e. The maximum absolute atomic E-state index is 12.2. The van der Waals surface area contributed by atoms with Gasteiger partial charge < -0.3 is 10.4 Å². The van der Waals surface area contributed by atoms with Gasteiger partial charge in [-0.25, -0.2) is 0 Å². The highest BCUT2D eigenvalue weighted by Crippen LogP contribution is 2.32. The Labute approximate surface area is 118 Å². The molecule has 0 saturated heterocycles. The number of hydrogen-bond donors (Lipinski definition) is 2. The molecule has 1 amide bonds. The quantitative estimate of drug-likeness (QED) is 0.832. The van der Waals surface area contributed by atoms with Crippen molar-refractivity contribution in [2.24, 2.45) is 5.92 Å². The predicted octanol–water partition coefficient (Wildman–Crippen LogP) is 3.56. The lowest BCUT2D eigenvalue weighted by molar-refractivity contribution is -0.120. The Hall–Kier alpha value is -1.16. The Morgan fingerprint density at radius 1 is 1.32 bits per heavy atom. The van der Waals surface area contributed by atoms with Crippen LogP contribution in [0.4, 0.5) is 5.69 Å². The maximum atomic E-state index is 12.2. The van der Waals surface area contributed by atoms with Crippen LogP contribution in [-0.4, -0.2) is 22.5 Å². The lowest BCUT2D eigenvalue weighted by atomic mass is 9.88. The van der Waals surface area contributed by atoms with E-state index in [4.69, 9.17) is 0 Å². The van der Waals surface area contributed by atoms with E-state index < -0.39 is 0 Å². The topological polar surface area (TPSA) is 49.3 Å². The van der Waals surface area contributed by atoms with Crippen LogP contribution >= 0.6 is 11.8 Å². The summed E-state index contributed by atoms with van der Waals surface area (Å²) in [6.07, 6.45) is 6.25. The van der Waals surface area contributed by atoms with E-state index in [-0.39, 0.29) is 17.6 Å². The van der Waals surface area contributed by atoms with Crippen molar-refractivity contribution in [1.82, 2.24) is 0 Å². The standard InChI is InChI=1S/C15H21NO2S/c1-10-3-8-14(17)13(9-10)16-15(18)11-4-6-12(19-2)7-5-11/h3,8-9,11-12,17H,4-7H2,1-2H3,(H,16,18). The zero-order valence-electron chi connectivity index (χ0n) is 11.5. The first-order valence-electron chi connectivity index (χ1n) is 6.73. The number of rotatable bonds is 3. The smallest absolute Gasteiger partial charge is 0.227 e. The minimum Gasteiger partial charge on any atom is -0.506 e. The van der Waals surface area contributed by atoms with Crippen molar-refractivity contribution in [2.45, 2.75) is 37.9 Å². The van der Waals surface area contributed by atoms with Crippen molar-refractivity contribution >= 4 is 23.4 Å². The number of nitrogens with one attached hydrogen (secondary N) is 1. The van der Waals surface area contributed by atoms with Gasteiger partial charge in [-0.2, -0.15) is 11.8 Å². The first kappa shape index (κ1) is 14.3. The molecule has 0 aromatic heterocycles. The molecule has 1 aromatic rings. The molecule has 2 N–H and O–H groups in total. The van der Waals surface area contributed by atoms with Gasteiger partial charge in [0.05, 0.1) is 5.69 Å². The number of carbonyl (C=O) groups is 1. The van der Waals surface area contributed by atoms with Crippen molar-refractivity contribution < 1.29 is 9.90 Å². The highest BCUT2D eigenvalue weighted by Gasteiger charge is 2.26. The summed E-state index contributed by atoms with van der Waals surface area (Å²) in [5, 5.41) is 13.3. The Kier molecular flexibility index (Phi) is 4.75. The van der Waals surface area contributed by atoms with E-state index in [9.17, 15) is 9.90 Å². The molecule has 0 spiro atoms. The second kappa shape index (κ2) is 6.33. The molecule has 3 nitrogen and oxygen atoms in total. The number of aryl methyl sites for hydroxylation is 1. The van der Waals surface area contributed by atoms with E-state index in [1.54, 1.807) is 12.1 Å². The number of thioether (sulfide) groups is 1. The summed E-state index contributed by atoms with van der Waals surface area (Å²) in [5.41, 5.74) is 1.55. The third kappa shape index (κ3) is 3.66. The molecule has 0 heterocycles. The number of phenols is 1. The molecule has 1 aromatic carbocycles. The van der Waals surface area contributed by atoms with Crippen LogP contribution in [0.3, 0.4) is 0 Å². The second-order valence-corrected chi connectivity index (χ2v) is 6.36. The van der Waals surface area contributed by atoms with Crippen molar-refractivity contribution in [3.05, 3.63) is 23.8 Å². The summed E-state index contributed by atoms with van der Waals surface area (Å²) in [4.78, 5) is 12.2. The molecule has 1 aliphatic carbocycles. The molecular formula is C15H21NO2S. The summed E-state index contributed by atoms with van der Waals surface area (Å²) >= 11 is 1.90. The Morgan fingerprint density at radius 2 is 2.00 bits per heavy atom. The Balaban J connectivity index is 1.96. The van der Waals surface area contributed by atoms with E-state index >= 15 is 0 Å². The van der Waals surface area contributed by atoms with Gasteiger partial charge >= 0.3 is 0 Å². The van der Waals surface area contributed by atoms with E-state index in [1.165, 1.54) is 0 Å². The van der Waals surface area contributed by atoms with Crippen molar-refractivity contribution in [2.75, 3.05) is 11.6 Å². The van der Waals surface area contributed by atoms with Crippen LogP contribution in [0, 0.1) is 12.8 Å². The van der Waals surface area contributed by atoms with Gasteiger partial charge in [0.1, 0.15) is 5.75 Å². The number of benzene rings is 1. The summed E-state index contributed by atoms with van der Waals surface area (Å²) in [6, 6.07) is 5.25. The Bertz CT molecular complexity index is 453. The molecule has 0 unspecified atom stereocenters. The first-order valence-corrected chi connectivity index (χ1v) is 8.02. The highest BCUT2D eigenvalue weighted by atomic mass is 32.2. The largest absolute Gasteiger partial charge is 0.506 e. The van der Waals surface area contributed by atoms with Gasteiger partial charge in [0, 0.05) is 11.2 Å². The molecule has 104 valence electrons. The number of anilines is 1. The van der Waals surface area contributed by atoms with E-state index in [2.05, 4.69) is 11.6 Å². The SMILES string of the molecule is CSC1CCC(C(=O)Nc2cc(C)ccc2O)CC1. The molecule has 0 radical (unpaired) electrons. The van der Waals surface area contributed by atoms with Gasteiger partial charge in [-0.05, 0) is 56.6 Å².